The summed E-state index contributed by atoms with van der Waals surface area (Å²) >= 11 is 9.47. The number of aryl methyl sites for hydroxylation is 1. The van der Waals surface area contributed by atoms with E-state index < -0.39 is 0 Å². The molecular formula is C12H8BrClN4. The Labute approximate surface area is 117 Å². The van der Waals surface area contributed by atoms with Crippen LogP contribution in [0.2, 0.25) is 5.15 Å². The smallest absolute Gasteiger partial charge is 0.186 e. The molecule has 0 saturated carbocycles. The quantitative estimate of drug-likeness (QED) is 0.688. The predicted molar refractivity (Wildman–Crippen MR) is 73.7 cm³/mol. The van der Waals surface area contributed by atoms with Gasteiger partial charge in [0.1, 0.15) is 5.15 Å². The van der Waals surface area contributed by atoms with Crippen LogP contribution >= 0.6 is 27.5 Å². The van der Waals surface area contributed by atoms with Crippen molar-refractivity contribution in [3.05, 3.63) is 45.5 Å². The van der Waals surface area contributed by atoms with E-state index in [1.807, 2.05) is 25.1 Å². The Kier molecular flexibility index (Phi) is 2.80. The number of aromatic nitrogens is 4. The highest BCUT2D eigenvalue weighted by Crippen LogP contribution is 2.29. The first kappa shape index (κ1) is 11.6. The van der Waals surface area contributed by atoms with Gasteiger partial charge in [0.15, 0.2) is 11.5 Å². The van der Waals surface area contributed by atoms with E-state index >= 15 is 0 Å². The van der Waals surface area contributed by atoms with Gasteiger partial charge < -0.3 is 0 Å². The lowest BCUT2D eigenvalue weighted by Gasteiger charge is -2.04. The number of fused-ring (bicyclic) bond motifs is 1. The fourth-order valence-corrected chi connectivity index (χ4v) is 2.33. The largest absolute Gasteiger partial charge is 0.191 e. The summed E-state index contributed by atoms with van der Waals surface area (Å²) in [6.07, 6.45) is 0. The van der Waals surface area contributed by atoms with Crippen molar-refractivity contribution < 1.29 is 0 Å². The van der Waals surface area contributed by atoms with Crippen molar-refractivity contribution in [2.24, 2.45) is 0 Å². The Morgan fingerprint density at radius 3 is 2.83 bits per heavy atom. The second-order valence-electron chi connectivity index (χ2n) is 3.89. The van der Waals surface area contributed by atoms with Crippen LogP contribution in [0, 0.1) is 6.92 Å². The van der Waals surface area contributed by atoms with Gasteiger partial charge in [-0.15, -0.1) is 10.2 Å². The van der Waals surface area contributed by atoms with Crippen LogP contribution in [0.1, 0.15) is 5.56 Å². The molecule has 0 aliphatic carbocycles. The molecule has 0 amide bonds. The average molecular weight is 324 g/mol. The lowest BCUT2D eigenvalue weighted by Crippen LogP contribution is -1.96. The van der Waals surface area contributed by atoms with Gasteiger partial charge in [-0.05, 0) is 46.6 Å². The highest BCUT2D eigenvalue weighted by Gasteiger charge is 2.13. The highest BCUT2D eigenvalue weighted by molar-refractivity contribution is 9.10. The van der Waals surface area contributed by atoms with Crippen molar-refractivity contribution in [1.82, 2.24) is 19.8 Å². The summed E-state index contributed by atoms with van der Waals surface area (Å²) < 4.78 is 2.63. The second-order valence-corrected chi connectivity index (χ2v) is 5.07. The molecule has 0 N–H and O–H groups in total. The van der Waals surface area contributed by atoms with E-state index in [9.17, 15) is 0 Å². The molecule has 90 valence electrons. The number of nitrogens with zero attached hydrogens (tertiary/aromatic N) is 4. The lowest BCUT2D eigenvalue weighted by atomic mass is 10.1. The van der Waals surface area contributed by atoms with Gasteiger partial charge in [-0.25, -0.2) is 0 Å². The lowest BCUT2D eigenvalue weighted by molar-refractivity contribution is 0.935. The zero-order valence-electron chi connectivity index (χ0n) is 9.43. The SMILES string of the molecule is Cc1cccc(-c2nnc3ccc(Cl)nn23)c1Br. The maximum absolute atomic E-state index is 5.91. The first-order chi connectivity index (χ1) is 8.66. The van der Waals surface area contributed by atoms with Gasteiger partial charge in [0.25, 0.3) is 0 Å². The Hall–Kier alpha value is -1.46. The summed E-state index contributed by atoms with van der Waals surface area (Å²) in [5.41, 5.74) is 2.74. The molecule has 1 aromatic carbocycles. The van der Waals surface area contributed by atoms with Crippen molar-refractivity contribution in [1.29, 1.82) is 0 Å². The van der Waals surface area contributed by atoms with Crippen LogP contribution in [0.3, 0.4) is 0 Å². The molecule has 0 fully saturated rings. The fourth-order valence-electron chi connectivity index (χ4n) is 1.75. The molecule has 3 rings (SSSR count). The summed E-state index contributed by atoms with van der Waals surface area (Å²) in [4.78, 5) is 0. The summed E-state index contributed by atoms with van der Waals surface area (Å²) in [5, 5.41) is 12.9. The van der Waals surface area contributed by atoms with Gasteiger partial charge >= 0.3 is 0 Å². The van der Waals surface area contributed by atoms with Crippen LogP contribution in [0.25, 0.3) is 17.0 Å². The van der Waals surface area contributed by atoms with E-state index in [0.717, 1.165) is 15.6 Å². The van der Waals surface area contributed by atoms with Crippen LogP contribution in [-0.2, 0) is 0 Å². The number of hydrogen-bond acceptors (Lipinski definition) is 3. The Morgan fingerprint density at radius 2 is 2.00 bits per heavy atom. The van der Waals surface area contributed by atoms with Gasteiger partial charge in [-0.1, -0.05) is 23.7 Å². The number of halogens is 2. The summed E-state index contributed by atoms with van der Waals surface area (Å²) in [7, 11) is 0. The standard InChI is InChI=1S/C12H8BrClN4/c1-7-3-2-4-8(11(7)13)12-16-15-10-6-5-9(14)17-18(10)12/h2-6H,1H3. The molecule has 0 radical (unpaired) electrons. The minimum Gasteiger partial charge on any atom is -0.191 e. The molecule has 18 heavy (non-hydrogen) atoms. The van der Waals surface area contributed by atoms with E-state index in [4.69, 9.17) is 11.6 Å². The maximum atomic E-state index is 5.91. The third-order valence-electron chi connectivity index (χ3n) is 2.66. The summed E-state index contributed by atoms with van der Waals surface area (Å²) in [6, 6.07) is 9.45. The third-order valence-corrected chi connectivity index (χ3v) is 3.92. The van der Waals surface area contributed by atoms with Gasteiger partial charge in [-0.3, -0.25) is 0 Å². The first-order valence-electron chi connectivity index (χ1n) is 5.30. The van der Waals surface area contributed by atoms with Crippen LogP contribution in [0.15, 0.2) is 34.8 Å². The van der Waals surface area contributed by atoms with Crippen LogP contribution in [-0.4, -0.2) is 19.8 Å². The zero-order valence-corrected chi connectivity index (χ0v) is 11.8. The molecule has 2 heterocycles. The molecule has 0 unspecified atom stereocenters. The van der Waals surface area contributed by atoms with Gasteiger partial charge in [0.05, 0.1) is 0 Å². The van der Waals surface area contributed by atoms with Crippen LogP contribution < -0.4 is 0 Å². The maximum Gasteiger partial charge on any atom is 0.186 e. The fraction of sp³-hybridized carbons (Fsp3) is 0.0833. The molecule has 0 spiro atoms. The number of benzene rings is 1. The van der Waals surface area contributed by atoms with Gasteiger partial charge in [-0.2, -0.15) is 9.61 Å². The Bertz CT molecular complexity index is 738. The molecule has 0 aliphatic rings. The molecular weight excluding hydrogens is 316 g/mol. The third kappa shape index (κ3) is 1.79. The predicted octanol–water partition coefficient (Wildman–Crippen LogP) is 3.52. The summed E-state index contributed by atoms with van der Waals surface area (Å²) in [6.45, 7) is 2.03. The molecule has 0 bridgehead atoms. The molecule has 6 heteroatoms. The molecule has 0 atom stereocenters. The van der Waals surface area contributed by atoms with Gasteiger partial charge in [0, 0.05) is 10.0 Å². The van der Waals surface area contributed by atoms with E-state index in [0.29, 0.717) is 16.6 Å². The highest BCUT2D eigenvalue weighted by atomic mass is 79.9. The van der Waals surface area contributed by atoms with E-state index in [1.54, 1.807) is 16.6 Å². The minimum absolute atomic E-state index is 0.410. The zero-order chi connectivity index (χ0) is 12.7. The number of rotatable bonds is 1. The molecule has 3 aromatic rings. The molecule has 4 nitrogen and oxygen atoms in total. The molecule has 0 saturated heterocycles. The van der Waals surface area contributed by atoms with Crippen molar-refractivity contribution >= 4 is 33.2 Å². The topological polar surface area (TPSA) is 43.1 Å². The monoisotopic (exact) mass is 322 g/mol. The van der Waals surface area contributed by atoms with Crippen LogP contribution in [0.5, 0.6) is 0 Å². The van der Waals surface area contributed by atoms with Crippen molar-refractivity contribution in [3.8, 4) is 11.4 Å². The van der Waals surface area contributed by atoms with E-state index in [2.05, 4.69) is 31.2 Å². The normalized spacial score (nSPS) is 11.1. The second kappa shape index (κ2) is 4.33. The average Bonchev–Trinajstić information content (AvgIpc) is 2.75. The number of hydrogen-bond donors (Lipinski definition) is 0. The molecule has 2 aromatic heterocycles. The van der Waals surface area contributed by atoms with Crippen molar-refractivity contribution in [3.63, 3.8) is 0 Å². The Balaban J connectivity index is 2.32. The van der Waals surface area contributed by atoms with Crippen LogP contribution in [0.4, 0.5) is 0 Å². The first-order valence-corrected chi connectivity index (χ1v) is 6.47. The van der Waals surface area contributed by atoms with Gasteiger partial charge in [0.2, 0.25) is 0 Å². The van der Waals surface area contributed by atoms with E-state index in [-0.39, 0.29) is 0 Å². The minimum atomic E-state index is 0.410. The molecule has 0 aliphatic heterocycles. The Morgan fingerprint density at radius 1 is 1.17 bits per heavy atom. The summed E-state index contributed by atoms with van der Waals surface area (Å²) in [5.74, 6) is 0.670. The van der Waals surface area contributed by atoms with Crippen molar-refractivity contribution in [2.45, 2.75) is 6.92 Å². The van der Waals surface area contributed by atoms with E-state index in [1.165, 1.54) is 0 Å². The van der Waals surface area contributed by atoms with Crippen molar-refractivity contribution in [2.75, 3.05) is 0 Å².